The summed E-state index contributed by atoms with van der Waals surface area (Å²) in [5.74, 6) is 2.04. The van der Waals surface area contributed by atoms with Crippen molar-refractivity contribution in [3.8, 4) is 0 Å². The highest BCUT2D eigenvalue weighted by atomic mass is 16.2. The summed E-state index contributed by atoms with van der Waals surface area (Å²) in [6, 6.07) is 10.7. The fourth-order valence-corrected chi connectivity index (χ4v) is 4.40. The Balaban J connectivity index is 1.61. The maximum absolute atomic E-state index is 12.0. The van der Waals surface area contributed by atoms with Crippen LogP contribution in [0, 0.1) is 6.92 Å². The second kappa shape index (κ2) is 7.67. The van der Waals surface area contributed by atoms with Crippen molar-refractivity contribution in [2.75, 3.05) is 24.5 Å². The molecule has 5 heteroatoms. The lowest BCUT2D eigenvalue weighted by atomic mass is 10.0. The summed E-state index contributed by atoms with van der Waals surface area (Å²) >= 11 is 0. The standard InChI is InChI=1S/C22H28N4O/c1-16-19-10-6-13-25(15-12-18-8-4-3-5-9-18)22(19)24-21(23-16)20-11-7-14-26(20)17(2)27/h3-5,8-9,20H,6-7,10-15H2,1-2H3/t20-/m0/s1. The molecule has 1 aromatic heterocycles. The van der Waals surface area contributed by atoms with Gasteiger partial charge in [0.05, 0.1) is 6.04 Å². The van der Waals surface area contributed by atoms with Crippen LogP contribution in [0.1, 0.15) is 54.9 Å². The molecule has 0 N–H and O–H groups in total. The number of anilines is 1. The summed E-state index contributed by atoms with van der Waals surface area (Å²) in [6.07, 6.45) is 5.20. The smallest absolute Gasteiger partial charge is 0.220 e. The summed E-state index contributed by atoms with van der Waals surface area (Å²) in [5.41, 5.74) is 3.72. The molecule has 4 rings (SSSR count). The van der Waals surface area contributed by atoms with Crippen molar-refractivity contribution in [2.45, 2.75) is 52.0 Å². The molecule has 142 valence electrons. The Kier molecular flexibility index (Phi) is 5.10. The van der Waals surface area contributed by atoms with Crippen LogP contribution in [0.3, 0.4) is 0 Å². The number of likely N-dealkylation sites (tertiary alicyclic amines) is 1. The molecule has 0 saturated carbocycles. The van der Waals surface area contributed by atoms with Gasteiger partial charge < -0.3 is 9.80 Å². The highest BCUT2D eigenvalue weighted by Crippen LogP contribution is 2.34. The molecule has 0 spiro atoms. The van der Waals surface area contributed by atoms with Crippen molar-refractivity contribution in [2.24, 2.45) is 0 Å². The third-order valence-corrected chi connectivity index (χ3v) is 5.83. The van der Waals surface area contributed by atoms with E-state index in [-0.39, 0.29) is 11.9 Å². The first kappa shape index (κ1) is 18.0. The maximum Gasteiger partial charge on any atom is 0.220 e. The largest absolute Gasteiger partial charge is 0.356 e. The zero-order valence-electron chi connectivity index (χ0n) is 16.3. The summed E-state index contributed by atoms with van der Waals surface area (Å²) in [7, 11) is 0. The SMILES string of the molecule is CC(=O)N1CCC[C@H]1c1nc(C)c2c(n1)N(CCc1ccccc1)CCC2. The van der Waals surface area contributed by atoms with E-state index in [1.54, 1.807) is 6.92 Å². The van der Waals surface area contributed by atoms with Gasteiger partial charge in [-0.2, -0.15) is 0 Å². The van der Waals surface area contributed by atoms with Crippen LogP contribution >= 0.6 is 0 Å². The molecule has 1 atom stereocenters. The number of carbonyl (C=O) groups excluding carboxylic acids is 1. The van der Waals surface area contributed by atoms with Crippen LogP contribution in [0.2, 0.25) is 0 Å². The van der Waals surface area contributed by atoms with Gasteiger partial charge in [-0.3, -0.25) is 4.79 Å². The van der Waals surface area contributed by atoms with Crippen LogP contribution in [0.5, 0.6) is 0 Å². The fourth-order valence-electron chi connectivity index (χ4n) is 4.40. The van der Waals surface area contributed by atoms with E-state index < -0.39 is 0 Å². The molecule has 1 fully saturated rings. The zero-order valence-corrected chi connectivity index (χ0v) is 16.3. The first-order valence-corrected chi connectivity index (χ1v) is 10.1. The molecule has 2 aromatic rings. The number of amides is 1. The van der Waals surface area contributed by atoms with Crippen molar-refractivity contribution < 1.29 is 4.79 Å². The van der Waals surface area contributed by atoms with Crippen LogP contribution in [0.15, 0.2) is 30.3 Å². The monoisotopic (exact) mass is 364 g/mol. The second-order valence-corrected chi connectivity index (χ2v) is 7.67. The Hall–Kier alpha value is -2.43. The summed E-state index contributed by atoms with van der Waals surface area (Å²) in [5, 5.41) is 0. The van der Waals surface area contributed by atoms with Gasteiger partial charge in [0.25, 0.3) is 0 Å². The molecule has 27 heavy (non-hydrogen) atoms. The number of rotatable bonds is 4. The van der Waals surface area contributed by atoms with Gasteiger partial charge in [0, 0.05) is 37.8 Å². The van der Waals surface area contributed by atoms with Gasteiger partial charge in [-0.1, -0.05) is 30.3 Å². The van der Waals surface area contributed by atoms with E-state index in [4.69, 9.17) is 9.97 Å². The number of nitrogens with zero attached hydrogens (tertiary/aromatic N) is 4. The van der Waals surface area contributed by atoms with Crippen molar-refractivity contribution in [3.05, 3.63) is 53.0 Å². The van der Waals surface area contributed by atoms with Crippen LogP contribution in [0.25, 0.3) is 0 Å². The topological polar surface area (TPSA) is 49.3 Å². The van der Waals surface area contributed by atoms with Gasteiger partial charge >= 0.3 is 0 Å². The van der Waals surface area contributed by atoms with Crippen LogP contribution < -0.4 is 4.90 Å². The normalized spacial score (nSPS) is 19.3. The van der Waals surface area contributed by atoms with Crippen molar-refractivity contribution in [1.82, 2.24) is 14.9 Å². The number of fused-ring (bicyclic) bond motifs is 1. The molecule has 1 amide bonds. The van der Waals surface area contributed by atoms with E-state index in [2.05, 4.69) is 42.2 Å². The molecule has 1 aromatic carbocycles. The fraction of sp³-hybridized carbons (Fsp3) is 0.500. The number of hydrogen-bond acceptors (Lipinski definition) is 4. The third-order valence-electron chi connectivity index (χ3n) is 5.83. The average Bonchev–Trinajstić information content (AvgIpc) is 3.17. The van der Waals surface area contributed by atoms with Gasteiger partial charge in [-0.05, 0) is 44.6 Å². The minimum absolute atomic E-state index is 0.0319. The highest BCUT2D eigenvalue weighted by molar-refractivity contribution is 5.74. The molecule has 0 radical (unpaired) electrons. The Morgan fingerprint density at radius 2 is 1.96 bits per heavy atom. The van der Waals surface area contributed by atoms with Gasteiger partial charge in [0.2, 0.25) is 5.91 Å². The molecule has 3 heterocycles. The number of carbonyl (C=O) groups is 1. The Labute approximate surface area is 161 Å². The van der Waals surface area contributed by atoms with Gasteiger partial charge in [0.15, 0.2) is 5.82 Å². The lowest BCUT2D eigenvalue weighted by Crippen LogP contribution is -2.35. The molecule has 0 unspecified atom stereocenters. The molecule has 5 nitrogen and oxygen atoms in total. The quantitative estimate of drug-likeness (QED) is 0.834. The highest BCUT2D eigenvalue weighted by Gasteiger charge is 2.32. The number of aromatic nitrogens is 2. The summed E-state index contributed by atoms with van der Waals surface area (Å²) in [6.45, 7) is 6.57. The zero-order chi connectivity index (χ0) is 18.8. The Bertz CT molecular complexity index is 821. The van der Waals surface area contributed by atoms with E-state index >= 15 is 0 Å². The lowest BCUT2D eigenvalue weighted by Gasteiger charge is -2.32. The molecule has 2 aliphatic rings. The lowest BCUT2D eigenvalue weighted by molar-refractivity contribution is -0.129. The molecule has 1 saturated heterocycles. The van der Waals surface area contributed by atoms with Crippen molar-refractivity contribution in [1.29, 1.82) is 0 Å². The minimum Gasteiger partial charge on any atom is -0.356 e. The van der Waals surface area contributed by atoms with Gasteiger partial charge in [-0.25, -0.2) is 9.97 Å². The van der Waals surface area contributed by atoms with Crippen LogP contribution in [0.4, 0.5) is 5.82 Å². The predicted octanol–water partition coefficient (Wildman–Crippen LogP) is 3.46. The molecule has 2 aliphatic heterocycles. The van der Waals surface area contributed by atoms with Crippen molar-refractivity contribution in [3.63, 3.8) is 0 Å². The summed E-state index contributed by atoms with van der Waals surface area (Å²) < 4.78 is 0. The first-order chi connectivity index (χ1) is 13.1. The number of benzene rings is 1. The van der Waals surface area contributed by atoms with Gasteiger partial charge in [0.1, 0.15) is 5.82 Å². The number of hydrogen-bond donors (Lipinski definition) is 0. The van der Waals surface area contributed by atoms with E-state index in [1.165, 1.54) is 11.1 Å². The average molecular weight is 364 g/mol. The third kappa shape index (κ3) is 3.68. The molecular formula is C22H28N4O. The van der Waals surface area contributed by atoms with Crippen molar-refractivity contribution >= 4 is 11.7 Å². The minimum atomic E-state index is 0.0319. The van der Waals surface area contributed by atoms with E-state index in [0.29, 0.717) is 0 Å². The Morgan fingerprint density at radius 3 is 2.74 bits per heavy atom. The first-order valence-electron chi connectivity index (χ1n) is 10.1. The van der Waals surface area contributed by atoms with Gasteiger partial charge in [-0.15, -0.1) is 0 Å². The van der Waals surface area contributed by atoms with Crippen LogP contribution in [-0.4, -0.2) is 40.4 Å². The van der Waals surface area contributed by atoms with E-state index in [1.807, 2.05) is 4.90 Å². The predicted molar refractivity (Wildman–Crippen MR) is 107 cm³/mol. The number of aryl methyl sites for hydroxylation is 1. The molecule has 0 bridgehead atoms. The second-order valence-electron chi connectivity index (χ2n) is 7.67. The van der Waals surface area contributed by atoms with Crippen LogP contribution in [-0.2, 0) is 17.6 Å². The maximum atomic E-state index is 12.0. The molecular weight excluding hydrogens is 336 g/mol. The van der Waals surface area contributed by atoms with E-state index in [9.17, 15) is 4.79 Å². The van der Waals surface area contributed by atoms with E-state index in [0.717, 1.165) is 69.1 Å². The molecule has 0 aliphatic carbocycles. The summed E-state index contributed by atoms with van der Waals surface area (Å²) in [4.78, 5) is 26.2. The Morgan fingerprint density at radius 1 is 1.15 bits per heavy atom.